The average molecular weight is 269 g/mol. The topological polar surface area (TPSA) is 52.3 Å². The van der Waals surface area contributed by atoms with E-state index in [9.17, 15) is 4.21 Å². The van der Waals surface area contributed by atoms with Crippen LogP contribution in [-0.2, 0) is 17.3 Å². The molecule has 0 saturated carbocycles. The maximum Gasteiger partial charge on any atom is 0.123 e. The Balaban J connectivity index is 2.36. The predicted molar refractivity (Wildman–Crippen MR) is 77.2 cm³/mol. The summed E-state index contributed by atoms with van der Waals surface area (Å²) in [4.78, 5) is 0. The molecule has 18 heavy (non-hydrogen) atoms. The molecule has 1 unspecified atom stereocenters. The van der Waals surface area contributed by atoms with Crippen LogP contribution in [0.3, 0.4) is 0 Å². The van der Waals surface area contributed by atoms with Crippen LogP contribution in [0.15, 0.2) is 24.3 Å². The third-order valence-corrected chi connectivity index (χ3v) is 4.63. The van der Waals surface area contributed by atoms with Crippen LogP contribution in [0, 0.1) is 0 Å². The van der Waals surface area contributed by atoms with Crippen molar-refractivity contribution in [2.75, 3.05) is 12.4 Å². The van der Waals surface area contributed by atoms with Gasteiger partial charge < -0.3 is 10.5 Å². The lowest BCUT2D eigenvalue weighted by Gasteiger charge is -2.17. The molecule has 0 aliphatic rings. The van der Waals surface area contributed by atoms with Crippen molar-refractivity contribution < 1.29 is 8.95 Å². The molecule has 1 aromatic carbocycles. The minimum atomic E-state index is -0.807. The van der Waals surface area contributed by atoms with Gasteiger partial charge in [0.15, 0.2) is 0 Å². The summed E-state index contributed by atoms with van der Waals surface area (Å²) in [6.07, 6.45) is 0.794. The largest absolute Gasteiger partial charge is 0.493 e. The van der Waals surface area contributed by atoms with Crippen molar-refractivity contribution in [1.29, 1.82) is 0 Å². The summed E-state index contributed by atoms with van der Waals surface area (Å²) in [6, 6.07) is 7.76. The van der Waals surface area contributed by atoms with Crippen molar-refractivity contribution in [3.63, 3.8) is 0 Å². The Labute approximate surface area is 112 Å². The van der Waals surface area contributed by atoms with Crippen molar-refractivity contribution in [1.82, 2.24) is 0 Å². The minimum Gasteiger partial charge on any atom is -0.493 e. The number of rotatable bonds is 6. The normalized spacial score (nSPS) is 13.3. The fraction of sp³-hybridized carbons (Fsp3) is 0.571. The first-order valence-electron chi connectivity index (χ1n) is 6.24. The molecule has 2 N–H and O–H groups in total. The van der Waals surface area contributed by atoms with Gasteiger partial charge in [-0.05, 0) is 33.3 Å². The average Bonchev–Trinajstić information content (AvgIpc) is 2.33. The summed E-state index contributed by atoms with van der Waals surface area (Å²) in [5.41, 5.74) is 6.64. The lowest BCUT2D eigenvalue weighted by atomic mass is 10.2. The van der Waals surface area contributed by atoms with Crippen LogP contribution in [-0.4, -0.2) is 21.3 Å². The fourth-order valence-corrected chi connectivity index (χ4v) is 2.48. The maximum absolute atomic E-state index is 11.8. The molecule has 3 nitrogen and oxygen atoms in total. The standard InChI is InChI=1S/C14H23NO2S/c1-14(2,3)18(16)10-6-9-17-13-8-5-4-7-12(13)11-15/h4-5,7-8H,6,9-11,15H2,1-3H3. The smallest absolute Gasteiger partial charge is 0.123 e. The van der Waals surface area contributed by atoms with E-state index in [4.69, 9.17) is 10.5 Å². The number of hydrogen-bond donors (Lipinski definition) is 1. The Morgan fingerprint density at radius 3 is 2.56 bits per heavy atom. The van der Waals surface area contributed by atoms with Crippen LogP contribution in [0.2, 0.25) is 0 Å². The molecule has 1 aromatic rings. The zero-order valence-corrected chi connectivity index (χ0v) is 12.3. The molecule has 0 spiro atoms. The van der Waals surface area contributed by atoms with Gasteiger partial charge in [0.25, 0.3) is 0 Å². The molecule has 0 aliphatic heterocycles. The molecule has 0 aromatic heterocycles. The van der Waals surface area contributed by atoms with Gasteiger partial charge in [0.1, 0.15) is 5.75 Å². The highest BCUT2D eigenvalue weighted by Crippen LogP contribution is 2.17. The third-order valence-electron chi connectivity index (χ3n) is 2.61. The highest BCUT2D eigenvalue weighted by Gasteiger charge is 2.18. The van der Waals surface area contributed by atoms with Crippen LogP contribution in [0.25, 0.3) is 0 Å². The van der Waals surface area contributed by atoms with Crippen molar-refractivity contribution >= 4 is 10.8 Å². The highest BCUT2D eigenvalue weighted by atomic mass is 32.2. The molecule has 0 heterocycles. The monoisotopic (exact) mass is 269 g/mol. The Morgan fingerprint density at radius 2 is 1.94 bits per heavy atom. The van der Waals surface area contributed by atoms with Gasteiger partial charge in [-0.2, -0.15) is 0 Å². The zero-order chi connectivity index (χ0) is 13.6. The summed E-state index contributed by atoms with van der Waals surface area (Å²) in [6.45, 7) is 7.04. The Kier molecular flexibility index (Phi) is 5.82. The molecule has 0 saturated heterocycles. The number of para-hydroxylation sites is 1. The summed E-state index contributed by atoms with van der Waals surface area (Å²) < 4.78 is 17.4. The minimum absolute atomic E-state index is 0.144. The van der Waals surface area contributed by atoms with Gasteiger partial charge in [-0.25, -0.2) is 0 Å². The number of benzene rings is 1. The van der Waals surface area contributed by atoms with E-state index in [1.54, 1.807) is 0 Å². The Hall–Kier alpha value is -0.870. The Bertz CT molecular complexity index is 399. The number of hydrogen-bond acceptors (Lipinski definition) is 3. The van der Waals surface area contributed by atoms with Gasteiger partial charge in [-0.3, -0.25) is 4.21 Å². The van der Waals surface area contributed by atoms with Crippen LogP contribution < -0.4 is 10.5 Å². The molecule has 1 atom stereocenters. The second kappa shape index (κ2) is 6.90. The molecule has 0 radical (unpaired) electrons. The van der Waals surface area contributed by atoms with Crippen LogP contribution >= 0.6 is 0 Å². The van der Waals surface area contributed by atoms with Gasteiger partial charge in [-0.1, -0.05) is 18.2 Å². The summed E-state index contributed by atoms with van der Waals surface area (Å²) >= 11 is 0. The zero-order valence-electron chi connectivity index (χ0n) is 11.4. The first kappa shape index (κ1) is 15.2. The number of nitrogens with two attached hydrogens (primary N) is 1. The first-order chi connectivity index (χ1) is 8.45. The summed E-state index contributed by atoms with van der Waals surface area (Å²) in [5, 5.41) is 0. The van der Waals surface area contributed by atoms with Gasteiger partial charge in [0.2, 0.25) is 0 Å². The van der Waals surface area contributed by atoms with Crippen LogP contribution in [0.1, 0.15) is 32.8 Å². The third kappa shape index (κ3) is 4.78. The van der Waals surface area contributed by atoms with Crippen molar-refractivity contribution in [2.45, 2.75) is 38.5 Å². The van der Waals surface area contributed by atoms with Crippen molar-refractivity contribution in [3.05, 3.63) is 29.8 Å². The second-order valence-corrected chi connectivity index (χ2v) is 7.50. The quantitative estimate of drug-likeness (QED) is 0.807. The SMILES string of the molecule is CC(C)(C)S(=O)CCCOc1ccccc1CN. The molecule has 102 valence electrons. The molecule has 0 amide bonds. The maximum atomic E-state index is 11.8. The predicted octanol–water partition coefficient (Wildman–Crippen LogP) is 2.46. The van der Waals surface area contributed by atoms with Gasteiger partial charge in [-0.15, -0.1) is 0 Å². The summed E-state index contributed by atoms with van der Waals surface area (Å²) in [7, 11) is -0.807. The summed E-state index contributed by atoms with van der Waals surface area (Å²) in [5.74, 6) is 1.51. The van der Waals surface area contributed by atoms with E-state index in [0.717, 1.165) is 17.7 Å². The van der Waals surface area contributed by atoms with Gasteiger partial charge in [0, 0.05) is 33.4 Å². The van der Waals surface area contributed by atoms with Crippen LogP contribution in [0.4, 0.5) is 0 Å². The molecular formula is C14H23NO2S. The lowest BCUT2D eigenvalue weighted by Crippen LogP contribution is -2.24. The van der Waals surface area contributed by atoms with Crippen molar-refractivity contribution in [2.24, 2.45) is 5.73 Å². The van der Waals surface area contributed by atoms with Crippen LogP contribution in [0.5, 0.6) is 5.75 Å². The molecular weight excluding hydrogens is 246 g/mol. The van der Waals surface area contributed by atoms with Crippen molar-refractivity contribution in [3.8, 4) is 5.75 Å². The molecule has 0 bridgehead atoms. The molecule has 0 fully saturated rings. The van der Waals surface area contributed by atoms with E-state index in [1.165, 1.54) is 0 Å². The second-order valence-electron chi connectivity index (χ2n) is 5.18. The number of ether oxygens (including phenoxy) is 1. The first-order valence-corrected chi connectivity index (χ1v) is 7.56. The van der Waals surface area contributed by atoms with E-state index in [1.807, 2.05) is 45.0 Å². The van der Waals surface area contributed by atoms with Gasteiger partial charge in [0.05, 0.1) is 6.61 Å². The van der Waals surface area contributed by atoms with E-state index in [2.05, 4.69) is 0 Å². The van der Waals surface area contributed by atoms with E-state index >= 15 is 0 Å². The van der Waals surface area contributed by atoms with E-state index in [-0.39, 0.29) is 4.75 Å². The fourth-order valence-electron chi connectivity index (χ4n) is 1.49. The molecule has 0 aliphatic carbocycles. The lowest BCUT2D eigenvalue weighted by molar-refractivity contribution is 0.315. The highest BCUT2D eigenvalue weighted by molar-refractivity contribution is 7.86. The van der Waals surface area contributed by atoms with E-state index < -0.39 is 10.8 Å². The Morgan fingerprint density at radius 1 is 1.28 bits per heavy atom. The molecule has 1 rings (SSSR count). The van der Waals surface area contributed by atoms with Gasteiger partial charge >= 0.3 is 0 Å². The van der Waals surface area contributed by atoms with E-state index in [0.29, 0.717) is 18.9 Å². The molecule has 4 heteroatoms.